The first-order valence-corrected chi connectivity index (χ1v) is 11.3. The summed E-state index contributed by atoms with van der Waals surface area (Å²) in [5.41, 5.74) is 11.9. The number of nitrogens with two attached hydrogens (primary N) is 1. The first-order chi connectivity index (χ1) is 16.5. The maximum absolute atomic E-state index is 6.28. The molecule has 3 aromatic heterocycles. The molecule has 0 aliphatic carbocycles. The highest BCUT2D eigenvalue weighted by molar-refractivity contribution is 5.86. The molecule has 9 nitrogen and oxygen atoms in total. The fourth-order valence-corrected chi connectivity index (χ4v) is 3.75. The van der Waals surface area contributed by atoms with Gasteiger partial charge in [0.05, 0.1) is 13.2 Å². The molecule has 0 amide bonds. The Morgan fingerprint density at radius 1 is 0.971 bits per heavy atom. The Morgan fingerprint density at radius 3 is 2.44 bits per heavy atom. The summed E-state index contributed by atoms with van der Waals surface area (Å²) >= 11 is 0. The SMILES string of the molecule is CCc1cncc(-c2nc3c(N)nc(OCCOC)nc3n2Cc2ccc(CN(C)C)cc2)c1. The summed E-state index contributed by atoms with van der Waals surface area (Å²) in [6.07, 6.45) is 4.57. The number of aryl methyl sites for hydroxylation is 1. The topological polar surface area (TPSA) is 104 Å². The number of hydrogen-bond acceptors (Lipinski definition) is 8. The van der Waals surface area contributed by atoms with Crippen molar-refractivity contribution in [2.45, 2.75) is 26.4 Å². The fourth-order valence-electron chi connectivity index (χ4n) is 3.75. The van der Waals surface area contributed by atoms with E-state index < -0.39 is 0 Å². The van der Waals surface area contributed by atoms with E-state index in [1.807, 2.05) is 17.0 Å². The molecule has 1 aromatic carbocycles. The Bertz CT molecular complexity index is 1250. The maximum atomic E-state index is 6.28. The van der Waals surface area contributed by atoms with Gasteiger partial charge >= 0.3 is 6.01 Å². The van der Waals surface area contributed by atoms with E-state index in [2.05, 4.69) is 71.2 Å². The van der Waals surface area contributed by atoms with Crippen LogP contribution in [0.2, 0.25) is 0 Å². The molecule has 0 aliphatic heterocycles. The summed E-state index contributed by atoms with van der Waals surface area (Å²) in [5.74, 6) is 1.02. The molecule has 4 aromatic rings. The van der Waals surface area contributed by atoms with E-state index in [0.29, 0.717) is 30.9 Å². The van der Waals surface area contributed by atoms with Gasteiger partial charge in [0.25, 0.3) is 0 Å². The van der Waals surface area contributed by atoms with Crippen molar-refractivity contribution < 1.29 is 9.47 Å². The highest BCUT2D eigenvalue weighted by Gasteiger charge is 2.19. The van der Waals surface area contributed by atoms with Crippen LogP contribution in [0.5, 0.6) is 6.01 Å². The minimum Gasteiger partial charge on any atom is -0.461 e. The van der Waals surface area contributed by atoms with E-state index in [-0.39, 0.29) is 11.8 Å². The van der Waals surface area contributed by atoms with E-state index in [0.717, 1.165) is 35.5 Å². The van der Waals surface area contributed by atoms with Crippen molar-refractivity contribution in [1.29, 1.82) is 0 Å². The van der Waals surface area contributed by atoms with Gasteiger partial charge in [-0.05, 0) is 43.3 Å². The zero-order chi connectivity index (χ0) is 24.1. The summed E-state index contributed by atoms with van der Waals surface area (Å²) in [6, 6.07) is 10.9. The Hall–Kier alpha value is -3.56. The molecule has 0 radical (unpaired) electrons. The molecule has 0 fully saturated rings. The third-order valence-corrected chi connectivity index (χ3v) is 5.44. The number of nitrogen functional groups attached to an aromatic ring is 1. The van der Waals surface area contributed by atoms with E-state index in [4.69, 9.17) is 20.2 Å². The molecule has 0 spiro atoms. The van der Waals surface area contributed by atoms with Gasteiger partial charge in [0.2, 0.25) is 0 Å². The lowest BCUT2D eigenvalue weighted by Crippen LogP contribution is -2.11. The highest BCUT2D eigenvalue weighted by atomic mass is 16.5. The predicted molar refractivity (Wildman–Crippen MR) is 133 cm³/mol. The number of ether oxygens (including phenoxy) is 2. The monoisotopic (exact) mass is 461 g/mol. The van der Waals surface area contributed by atoms with Gasteiger partial charge in [-0.15, -0.1) is 0 Å². The average molecular weight is 462 g/mol. The number of benzene rings is 1. The maximum Gasteiger partial charge on any atom is 0.320 e. The summed E-state index contributed by atoms with van der Waals surface area (Å²) in [4.78, 5) is 20.3. The third-order valence-electron chi connectivity index (χ3n) is 5.44. The first-order valence-electron chi connectivity index (χ1n) is 11.3. The van der Waals surface area contributed by atoms with Crippen LogP contribution in [0.4, 0.5) is 5.82 Å². The number of nitrogens with zero attached hydrogens (tertiary/aromatic N) is 6. The summed E-state index contributed by atoms with van der Waals surface area (Å²) in [6.45, 7) is 4.32. The van der Waals surface area contributed by atoms with Gasteiger partial charge in [0.1, 0.15) is 12.4 Å². The Kier molecular flexibility index (Phi) is 7.34. The predicted octanol–water partition coefficient (Wildman–Crippen LogP) is 3.17. The highest BCUT2D eigenvalue weighted by Crippen LogP contribution is 2.29. The summed E-state index contributed by atoms with van der Waals surface area (Å²) < 4.78 is 12.8. The second-order valence-electron chi connectivity index (χ2n) is 8.42. The van der Waals surface area contributed by atoms with Crippen molar-refractivity contribution in [2.75, 3.05) is 40.2 Å². The van der Waals surface area contributed by atoms with Gasteiger partial charge in [0.15, 0.2) is 17.0 Å². The van der Waals surface area contributed by atoms with Crippen molar-refractivity contribution in [3.63, 3.8) is 0 Å². The Balaban J connectivity index is 1.79. The lowest BCUT2D eigenvalue weighted by Gasteiger charge is -2.12. The molecule has 0 bridgehead atoms. The molecular formula is C25H31N7O2. The van der Waals surface area contributed by atoms with Crippen LogP contribution in [0.3, 0.4) is 0 Å². The van der Waals surface area contributed by atoms with Crippen LogP contribution in [0.25, 0.3) is 22.6 Å². The van der Waals surface area contributed by atoms with Crippen molar-refractivity contribution in [2.24, 2.45) is 0 Å². The van der Waals surface area contributed by atoms with Crippen LogP contribution in [-0.4, -0.2) is 63.8 Å². The third kappa shape index (κ3) is 5.32. The van der Waals surface area contributed by atoms with Gasteiger partial charge in [-0.2, -0.15) is 9.97 Å². The largest absolute Gasteiger partial charge is 0.461 e. The molecule has 178 valence electrons. The smallest absolute Gasteiger partial charge is 0.320 e. The van der Waals surface area contributed by atoms with Gasteiger partial charge in [0, 0.05) is 31.6 Å². The van der Waals surface area contributed by atoms with Crippen molar-refractivity contribution >= 4 is 17.0 Å². The molecule has 9 heteroatoms. The fraction of sp³-hybridized carbons (Fsp3) is 0.360. The zero-order valence-corrected chi connectivity index (χ0v) is 20.2. The second-order valence-corrected chi connectivity index (χ2v) is 8.42. The van der Waals surface area contributed by atoms with Crippen LogP contribution in [0, 0.1) is 0 Å². The lowest BCUT2D eigenvalue weighted by atomic mass is 10.1. The number of imidazole rings is 1. The molecule has 2 N–H and O–H groups in total. The van der Waals surface area contributed by atoms with Gasteiger partial charge in [-0.3, -0.25) is 4.98 Å². The molecule has 0 saturated heterocycles. The minimum atomic E-state index is 0.205. The molecule has 34 heavy (non-hydrogen) atoms. The Morgan fingerprint density at radius 2 is 1.74 bits per heavy atom. The van der Waals surface area contributed by atoms with Crippen LogP contribution in [0.15, 0.2) is 42.7 Å². The molecule has 3 heterocycles. The zero-order valence-electron chi connectivity index (χ0n) is 20.2. The molecule has 0 saturated carbocycles. The standard InChI is InChI=1S/C25H31N7O2/c1-5-17-12-20(14-27-13-17)23-28-21-22(26)29-25(34-11-10-33-4)30-24(21)32(23)16-19-8-6-18(7-9-19)15-31(2)3/h6-9,12-14H,5,10-11,15-16H2,1-4H3,(H2,26,29,30). The quantitative estimate of drug-likeness (QED) is 0.359. The Labute approximate surface area is 199 Å². The first kappa shape index (κ1) is 23.6. The van der Waals surface area contributed by atoms with Crippen LogP contribution >= 0.6 is 0 Å². The van der Waals surface area contributed by atoms with Crippen molar-refractivity contribution in [3.05, 3.63) is 59.4 Å². The number of aromatic nitrogens is 5. The average Bonchev–Trinajstić information content (AvgIpc) is 3.19. The van der Waals surface area contributed by atoms with Gasteiger partial charge in [-0.1, -0.05) is 31.2 Å². The number of methoxy groups -OCH3 is 1. The van der Waals surface area contributed by atoms with E-state index >= 15 is 0 Å². The van der Waals surface area contributed by atoms with Gasteiger partial charge < -0.3 is 24.7 Å². The normalized spacial score (nSPS) is 11.4. The molecule has 4 rings (SSSR count). The number of rotatable bonds is 10. The number of pyridine rings is 1. The molecule has 0 atom stereocenters. The van der Waals surface area contributed by atoms with Crippen LogP contribution < -0.4 is 10.5 Å². The van der Waals surface area contributed by atoms with Gasteiger partial charge in [-0.25, -0.2) is 4.98 Å². The van der Waals surface area contributed by atoms with Crippen LogP contribution in [0.1, 0.15) is 23.6 Å². The van der Waals surface area contributed by atoms with E-state index in [1.165, 1.54) is 5.56 Å². The molecule has 0 unspecified atom stereocenters. The minimum absolute atomic E-state index is 0.205. The van der Waals surface area contributed by atoms with E-state index in [9.17, 15) is 0 Å². The number of hydrogen-bond donors (Lipinski definition) is 1. The lowest BCUT2D eigenvalue weighted by molar-refractivity contribution is 0.141. The summed E-state index contributed by atoms with van der Waals surface area (Å²) in [5, 5.41) is 0. The van der Waals surface area contributed by atoms with E-state index in [1.54, 1.807) is 7.11 Å². The van der Waals surface area contributed by atoms with Crippen LogP contribution in [-0.2, 0) is 24.2 Å². The molecule has 0 aliphatic rings. The number of anilines is 1. The van der Waals surface area contributed by atoms with Crippen molar-refractivity contribution in [1.82, 2.24) is 29.4 Å². The summed E-state index contributed by atoms with van der Waals surface area (Å²) in [7, 11) is 5.74. The molecular weight excluding hydrogens is 430 g/mol. The number of fused-ring (bicyclic) bond motifs is 1. The van der Waals surface area contributed by atoms with Crippen molar-refractivity contribution in [3.8, 4) is 17.4 Å². The second kappa shape index (κ2) is 10.6.